The standard InChI is InChI=1S/C8H4BrClN4/c9-5-3-13-8(14-7(5)10)6-4-11-1-2-12-6/h1-4H. The summed E-state index contributed by atoms with van der Waals surface area (Å²) in [7, 11) is 0. The highest BCUT2D eigenvalue weighted by molar-refractivity contribution is 9.10. The minimum Gasteiger partial charge on any atom is -0.261 e. The van der Waals surface area contributed by atoms with Crippen molar-refractivity contribution in [3.8, 4) is 11.5 Å². The monoisotopic (exact) mass is 270 g/mol. The van der Waals surface area contributed by atoms with Gasteiger partial charge >= 0.3 is 0 Å². The molecule has 0 aliphatic heterocycles. The van der Waals surface area contributed by atoms with Gasteiger partial charge in [-0.2, -0.15) is 0 Å². The zero-order chi connectivity index (χ0) is 9.97. The van der Waals surface area contributed by atoms with Gasteiger partial charge in [0.15, 0.2) is 5.82 Å². The van der Waals surface area contributed by atoms with Crippen LogP contribution in [0.25, 0.3) is 11.5 Å². The zero-order valence-corrected chi connectivity index (χ0v) is 9.20. The second-order valence-electron chi connectivity index (χ2n) is 2.42. The van der Waals surface area contributed by atoms with Gasteiger partial charge in [-0.15, -0.1) is 0 Å². The molecule has 0 bridgehead atoms. The maximum absolute atomic E-state index is 5.82. The Morgan fingerprint density at radius 2 is 2.00 bits per heavy atom. The summed E-state index contributed by atoms with van der Waals surface area (Å²) < 4.78 is 0.659. The maximum Gasteiger partial charge on any atom is 0.181 e. The number of rotatable bonds is 1. The summed E-state index contributed by atoms with van der Waals surface area (Å²) in [5.41, 5.74) is 0.599. The largest absolute Gasteiger partial charge is 0.261 e. The van der Waals surface area contributed by atoms with Crippen molar-refractivity contribution in [3.63, 3.8) is 0 Å². The van der Waals surface area contributed by atoms with Gasteiger partial charge in [-0.05, 0) is 15.9 Å². The van der Waals surface area contributed by atoms with Crippen molar-refractivity contribution in [2.24, 2.45) is 0 Å². The van der Waals surface area contributed by atoms with Crippen LogP contribution in [0.1, 0.15) is 0 Å². The molecule has 2 aromatic rings. The fourth-order valence-electron chi connectivity index (χ4n) is 0.884. The first-order valence-corrected chi connectivity index (χ1v) is 4.89. The molecule has 0 atom stereocenters. The van der Waals surface area contributed by atoms with Gasteiger partial charge in [-0.3, -0.25) is 4.98 Å². The average Bonchev–Trinajstić information content (AvgIpc) is 2.23. The van der Waals surface area contributed by atoms with E-state index in [1.807, 2.05) is 0 Å². The quantitative estimate of drug-likeness (QED) is 0.747. The van der Waals surface area contributed by atoms with Crippen molar-refractivity contribution < 1.29 is 0 Å². The molecule has 2 rings (SSSR count). The lowest BCUT2D eigenvalue weighted by Crippen LogP contribution is -1.92. The van der Waals surface area contributed by atoms with E-state index >= 15 is 0 Å². The summed E-state index contributed by atoms with van der Waals surface area (Å²) in [5, 5.41) is 0.362. The Bertz CT molecular complexity index is 448. The molecule has 0 N–H and O–H groups in total. The Morgan fingerprint density at radius 3 is 2.64 bits per heavy atom. The molecule has 6 heteroatoms. The average molecular weight is 272 g/mol. The second kappa shape index (κ2) is 3.98. The van der Waals surface area contributed by atoms with Gasteiger partial charge in [0.05, 0.1) is 10.7 Å². The summed E-state index contributed by atoms with van der Waals surface area (Å²) in [6.07, 6.45) is 6.33. The minimum atomic E-state index is 0.362. The summed E-state index contributed by atoms with van der Waals surface area (Å²) in [6.45, 7) is 0. The third-order valence-corrected chi connectivity index (χ3v) is 2.59. The molecule has 0 radical (unpaired) electrons. The Labute approximate surface area is 93.5 Å². The van der Waals surface area contributed by atoms with Crippen molar-refractivity contribution in [1.82, 2.24) is 19.9 Å². The molecule has 0 saturated carbocycles. The Morgan fingerprint density at radius 1 is 1.14 bits per heavy atom. The van der Waals surface area contributed by atoms with Crippen molar-refractivity contribution in [1.29, 1.82) is 0 Å². The molecule has 0 spiro atoms. The summed E-state index contributed by atoms with van der Waals surface area (Å²) in [4.78, 5) is 16.1. The van der Waals surface area contributed by atoms with E-state index in [4.69, 9.17) is 11.6 Å². The van der Waals surface area contributed by atoms with Gasteiger partial charge < -0.3 is 0 Å². The minimum absolute atomic E-state index is 0.362. The maximum atomic E-state index is 5.82. The predicted octanol–water partition coefficient (Wildman–Crippen LogP) is 2.35. The van der Waals surface area contributed by atoms with Gasteiger partial charge in [0, 0.05) is 18.6 Å². The highest BCUT2D eigenvalue weighted by atomic mass is 79.9. The van der Waals surface area contributed by atoms with Crippen molar-refractivity contribution in [3.05, 3.63) is 34.4 Å². The molecule has 2 aromatic heterocycles. The van der Waals surface area contributed by atoms with E-state index in [-0.39, 0.29) is 0 Å². The topological polar surface area (TPSA) is 51.6 Å². The van der Waals surface area contributed by atoms with Gasteiger partial charge in [-0.1, -0.05) is 11.6 Å². The van der Waals surface area contributed by atoms with Crippen LogP contribution >= 0.6 is 27.5 Å². The Kier molecular flexibility index (Phi) is 2.69. The van der Waals surface area contributed by atoms with Crippen LogP contribution < -0.4 is 0 Å². The van der Waals surface area contributed by atoms with E-state index in [0.717, 1.165) is 0 Å². The molecule has 0 aliphatic rings. The Balaban J connectivity index is 2.48. The van der Waals surface area contributed by atoms with Gasteiger partial charge in [0.25, 0.3) is 0 Å². The first-order valence-electron chi connectivity index (χ1n) is 3.72. The normalized spacial score (nSPS) is 10.1. The van der Waals surface area contributed by atoms with E-state index in [9.17, 15) is 0 Å². The highest BCUT2D eigenvalue weighted by Gasteiger charge is 2.05. The van der Waals surface area contributed by atoms with Crippen LogP contribution in [-0.4, -0.2) is 19.9 Å². The van der Waals surface area contributed by atoms with Crippen LogP contribution in [0.3, 0.4) is 0 Å². The Hall–Kier alpha value is -1.07. The first-order chi connectivity index (χ1) is 6.77. The molecule has 0 unspecified atom stereocenters. The van der Waals surface area contributed by atoms with Crippen LogP contribution in [0.5, 0.6) is 0 Å². The molecule has 2 heterocycles. The molecule has 0 fully saturated rings. The van der Waals surface area contributed by atoms with E-state index in [1.54, 1.807) is 24.8 Å². The third kappa shape index (κ3) is 1.88. The lowest BCUT2D eigenvalue weighted by atomic mass is 10.4. The molecule has 0 aromatic carbocycles. The molecule has 70 valence electrons. The van der Waals surface area contributed by atoms with E-state index in [0.29, 0.717) is 21.1 Å². The fraction of sp³-hybridized carbons (Fsp3) is 0. The molecule has 4 nitrogen and oxygen atoms in total. The lowest BCUT2D eigenvalue weighted by molar-refractivity contribution is 1.10. The fourth-order valence-corrected chi connectivity index (χ4v) is 1.20. The van der Waals surface area contributed by atoms with Crippen LogP contribution in [0.2, 0.25) is 5.15 Å². The third-order valence-electron chi connectivity index (χ3n) is 1.49. The molecule has 14 heavy (non-hydrogen) atoms. The van der Waals surface area contributed by atoms with E-state index < -0.39 is 0 Å². The second-order valence-corrected chi connectivity index (χ2v) is 3.64. The molecule has 0 saturated heterocycles. The molecular formula is C8H4BrClN4. The zero-order valence-electron chi connectivity index (χ0n) is 6.85. The summed E-state index contributed by atoms with van der Waals surface area (Å²) in [5.74, 6) is 0.464. The number of hydrogen-bond acceptors (Lipinski definition) is 4. The number of halogens is 2. The predicted molar refractivity (Wildman–Crippen MR) is 55.8 cm³/mol. The number of aromatic nitrogens is 4. The van der Waals surface area contributed by atoms with Crippen LogP contribution in [0, 0.1) is 0 Å². The van der Waals surface area contributed by atoms with Crippen molar-refractivity contribution in [2.75, 3.05) is 0 Å². The first kappa shape index (κ1) is 9.48. The van der Waals surface area contributed by atoms with Gasteiger partial charge in [-0.25, -0.2) is 15.0 Å². The van der Waals surface area contributed by atoms with E-state index in [1.165, 1.54) is 0 Å². The molecule has 0 amide bonds. The van der Waals surface area contributed by atoms with E-state index in [2.05, 4.69) is 35.9 Å². The SMILES string of the molecule is Clc1nc(-c2cnccn2)ncc1Br. The number of hydrogen-bond donors (Lipinski definition) is 0. The molecular weight excluding hydrogens is 267 g/mol. The molecule has 0 aliphatic carbocycles. The van der Waals surface area contributed by atoms with Gasteiger partial charge in [0.2, 0.25) is 0 Å². The lowest BCUT2D eigenvalue weighted by Gasteiger charge is -1.99. The number of nitrogens with zero attached hydrogens (tertiary/aromatic N) is 4. The van der Waals surface area contributed by atoms with Crippen molar-refractivity contribution >= 4 is 27.5 Å². The van der Waals surface area contributed by atoms with Gasteiger partial charge in [0.1, 0.15) is 10.8 Å². The van der Waals surface area contributed by atoms with Crippen LogP contribution in [-0.2, 0) is 0 Å². The highest BCUT2D eigenvalue weighted by Crippen LogP contribution is 2.21. The smallest absolute Gasteiger partial charge is 0.181 e. The summed E-state index contributed by atoms with van der Waals surface area (Å²) in [6, 6.07) is 0. The van der Waals surface area contributed by atoms with Crippen LogP contribution in [0.15, 0.2) is 29.3 Å². The summed E-state index contributed by atoms with van der Waals surface area (Å²) >= 11 is 9.03. The van der Waals surface area contributed by atoms with Crippen LogP contribution in [0.4, 0.5) is 0 Å². The van der Waals surface area contributed by atoms with Crippen molar-refractivity contribution in [2.45, 2.75) is 0 Å².